The molecule has 0 spiro atoms. The molecule has 0 amide bonds. The van der Waals surface area contributed by atoms with E-state index in [1.54, 1.807) is 0 Å². The number of nitrogens with zero attached hydrogens (tertiary/aromatic N) is 5. The van der Waals surface area contributed by atoms with Gasteiger partial charge in [0.1, 0.15) is 24.8 Å². The van der Waals surface area contributed by atoms with E-state index in [1.165, 1.54) is 12.1 Å². The number of piperazine rings is 1. The van der Waals surface area contributed by atoms with Crippen LogP contribution in [0.1, 0.15) is 25.8 Å². The Balaban J connectivity index is 1.16. The number of anilines is 4. The zero-order valence-corrected chi connectivity index (χ0v) is 24.7. The van der Waals surface area contributed by atoms with Gasteiger partial charge in [-0.05, 0) is 60.3 Å². The minimum absolute atomic E-state index is 0.484. The van der Waals surface area contributed by atoms with Gasteiger partial charge >= 0.3 is 0 Å². The molecule has 2 fully saturated rings. The zero-order chi connectivity index (χ0) is 28.2. The number of benzene rings is 2. The van der Waals surface area contributed by atoms with Gasteiger partial charge in [-0.25, -0.2) is 0 Å². The normalized spacial score (nSPS) is 20.5. The number of piperidine rings is 1. The van der Waals surface area contributed by atoms with Crippen molar-refractivity contribution in [1.29, 1.82) is 0 Å². The molecule has 0 radical (unpaired) electrons. The topological polar surface area (TPSA) is 78.0 Å². The maximum Gasteiger partial charge on any atom is 0.232 e. The second-order valence-electron chi connectivity index (χ2n) is 11.4. The van der Waals surface area contributed by atoms with Crippen molar-refractivity contribution >= 4 is 40.6 Å². The molecule has 3 aliphatic heterocycles. The highest BCUT2D eigenvalue weighted by Crippen LogP contribution is 2.31. The molecule has 3 aromatic rings. The summed E-state index contributed by atoms with van der Waals surface area (Å²) in [5.41, 5.74) is 2.32. The van der Waals surface area contributed by atoms with Gasteiger partial charge in [0.05, 0.1) is 0 Å². The molecule has 10 heteroatoms. The number of rotatable bonds is 6. The van der Waals surface area contributed by atoms with E-state index in [-0.39, 0.29) is 0 Å². The fourth-order valence-corrected chi connectivity index (χ4v) is 6.17. The Morgan fingerprint density at radius 1 is 0.829 bits per heavy atom. The fourth-order valence-electron chi connectivity index (χ4n) is 6.01. The number of aromatic nitrogens is 2. The Morgan fingerprint density at radius 2 is 1.49 bits per heavy atom. The van der Waals surface area contributed by atoms with Gasteiger partial charge < -0.3 is 34.8 Å². The maximum absolute atomic E-state index is 5.72. The van der Waals surface area contributed by atoms with E-state index in [0.717, 1.165) is 68.0 Å². The third-order valence-electron chi connectivity index (χ3n) is 7.90. The first-order chi connectivity index (χ1) is 20.0. The maximum atomic E-state index is 5.72. The highest BCUT2D eigenvalue weighted by molar-refractivity contribution is 7.80. The summed E-state index contributed by atoms with van der Waals surface area (Å²) in [5, 5.41) is 7.05. The van der Waals surface area contributed by atoms with Gasteiger partial charge in [-0.2, -0.15) is 9.97 Å². The summed E-state index contributed by atoms with van der Waals surface area (Å²) in [4.78, 5) is 17.1. The van der Waals surface area contributed by atoms with Gasteiger partial charge in [0.2, 0.25) is 5.95 Å². The summed E-state index contributed by atoms with van der Waals surface area (Å²) in [6, 6.07) is 18.7. The molecule has 4 heterocycles. The van der Waals surface area contributed by atoms with Gasteiger partial charge in [-0.3, -0.25) is 0 Å². The lowest BCUT2D eigenvalue weighted by molar-refractivity contribution is 0.171. The first-order valence-corrected chi connectivity index (χ1v) is 15.0. The van der Waals surface area contributed by atoms with Crippen LogP contribution in [-0.4, -0.2) is 67.6 Å². The van der Waals surface area contributed by atoms with Crippen LogP contribution in [-0.2, 0) is 6.54 Å². The summed E-state index contributed by atoms with van der Waals surface area (Å²) in [6.07, 6.45) is 1.24. The van der Waals surface area contributed by atoms with E-state index in [0.29, 0.717) is 42.7 Å². The highest BCUT2D eigenvalue weighted by Gasteiger charge is 2.26. The smallest absolute Gasteiger partial charge is 0.232 e. The molecule has 1 aromatic heterocycles. The van der Waals surface area contributed by atoms with Gasteiger partial charge in [0.25, 0.3) is 0 Å². The molecule has 2 aromatic carbocycles. The lowest BCUT2D eigenvalue weighted by Gasteiger charge is -2.38. The van der Waals surface area contributed by atoms with Crippen molar-refractivity contribution in [2.24, 2.45) is 11.8 Å². The molecule has 2 atom stereocenters. The number of fused-ring (bicyclic) bond motifs is 1. The quantitative estimate of drug-likeness (QED) is 0.411. The van der Waals surface area contributed by atoms with E-state index in [4.69, 9.17) is 31.7 Å². The Bertz CT molecular complexity index is 1340. The number of nitrogens with one attached hydrogen (secondary N) is 2. The van der Waals surface area contributed by atoms with Crippen LogP contribution in [0.15, 0.2) is 54.6 Å². The van der Waals surface area contributed by atoms with Gasteiger partial charge in [-0.15, -0.1) is 0 Å². The Kier molecular flexibility index (Phi) is 8.27. The second-order valence-corrected chi connectivity index (χ2v) is 11.8. The number of hydrogen-bond donors (Lipinski definition) is 2. The minimum atomic E-state index is 0.484. The van der Waals surface area contributed by atoms with E-state index in [2.05, 4.69) is 75.6 Å². The summed E-state index contributed by atoms with van der Waals surface area (Å²) < 4.78 is 11.4. The summed E-state index contributed by atoms with van der Waals surface area (Å²) >= 11 is 5.67. The van der Waals surface area contributed by atoms with E-state index < -0.39 is 0 Å². The van der Waals surface area contributed by atoms with E-state index in [9.17, 15) is 0 Å². The molecule has 0 bridgehead atoms. The molecular weight excluding hydrogens is 534 g/mol. The predicted molar refractivity (Wildman–Crippen MR) is 169 cm³/mol. The Morgan fingerprint density at radius 3 is 2.22 bits per heavy atom. The second kappa shape index (κ2) is 12.4. The largest absolute Gasteiger partial charge is 0.486 e. The Hall–Kier alpha value is -3.79. The standard InChI is InChI=1S/C31H39N7O2S/c1-22-16-23(2)21-38(20-22)29-18-28(37-12-10-36(11-13-37)25-6-4-3-5-7-25)33-30(34-29)35-31(41)32-19-24-8-9-26-27(17-24)40-15-14-39-26/h3-9,17-18,22-23H,10-16,19-21H2,1-2H3,(H2,32,33,34,35,41). The first kappa shape index (κ1) is 27.4. The lowest BCUT2D eigenvalue weighted by atomic mass is 9.92. The molecule has 9 nitrogen and oxygen atoms in total. The molecule has 216 valence electrons. The average Bonchev–Trinajstić information content (AvgIpc) is 3.00. The van der Waals surface area contributed by atoms with Gasteiger partial charge in [0.15, 0.2) is 16.6 Å². The van der Waals surface area contributed by atoms with Crippen molar-refractivity contribution in [3.05, 3.63) is 60.2 Å². The van der Waals surface area contributed by atoms with Crippen molar-refractivity contribution in [2.45, 2.75) is 26.8 Å². The Labute approximate surface area is 247 Å². The van der Waals surface area contributed by atoms with E-state index >= 15 is 0 Å². The van der Waals surface area contributed by atoms with Crippen LogP contribution < -0.4 is 34.8 Å². The monoisotopic (exact) mass is 573 g/mol. The molecule has 2 N–H and O–H groups in total. The molecule has 6 rings (SSSR count). The summed E-state index contributed by atoms with van der Waals surface area (Å²) in [7, 11) is 0. The van der Waals surface area contributed by atoms with Gasteiger partial charge in [-0.1, -0.05) is 38.1 Å². The molecule has 2 saturated heterocycles. The van der Waals surface area contributed by atoms with Gasteiger partial charge in [0, 0.05) is 57.6 Å². The summed E-state index contributed by atoms with van der Waals surface area (Å²) in [5.74, 6) is 5.21. The third-order valence-corrected chi connectivity index (χ3v) is 8.15. The number of para-hydroxylation sites is 1. The highest BCUT2D eigenvalue weighted by atomic mass is 32.1. The molecule has 41 heavy (non-hydrogen) atoms. The summed E-state index contributed by atoms with van der Waals surface area (Å²) in [6.45, 7) is 12.0. The predicted octanol–water partition coefficient (Wildman–Crippen LogP) is 4.54. The van der Waals surface area contributed by atoms with Crippen molar-refractivity contribution < 1.29 is 9.47 Å². The molecule has 0 saturated carbocycles. The van der Waals surface area contributed by atoms with Crippen molar-refractivity contribution in [3.8, 4) is 11.5 Å². The van der Waals surface area contributed by atoms with Crippen LogP contribution in [0.3, 0.4) is 0 Å². The van der Waals surface area contributed by atoms with E-state index in [1.807, 2.05) is 18.2 Å². The zero-order valence-electron chi connectivity index (χ0n) is 23.9. The number of hydrogen-bond acceptors (Lipinski definition) is 8. The van der Waals surface area contributed by atoms with Crippen molar-refractivity contribution in [1.82, 2.24) is 15.3 Å². The lowest BCUT2D eigenvalue weighted by Crippen LogP contribution is -2.47. The van der Waals surface area contributed by atoms with Crippen LogP contribution >= 0.6 is 12.2 Å². The molecule has 0 aliphatic carbocycles. The molecule has 3 aliphatic rings. The number of ether oxygens (including phenoxy) is 2. The van der Waals surface area contributed by atoms with Crippen LogP contribution in [0.5, 0.6) is 11.5 Å². The molecular formula is C31H39N7O2S. The van der Waals surface area contributed by atoms with Crippen LogP contribution in [0, 0.1) is 11.8 Å². The van der Waals surface area contributed by atoms with Crippen molar-refractivity contribution in [2.75, 3.05) is 72.5 Å². The number of thiocarbonyl (C=S) groups is 1. The minimum Gasteiger partial charge on any atom is -0.486 e. The van der Waals surface area contributed by atoms with Crippen molar-refractivity contribution in [3.63, 3.8) is 0 Å². The first-order valence-electron chi connectivity index (χ1n) is 14.6. The molecule has 2 unspecified atom stereocenters. The third kappa shape index (κ3) is 6.75. The SMILES string of the molecule is CC1CC(C)CN(c2cc(N3CCN(c4ccccc4)CC3)nc(NC(=S)NCc3ccc4c(c3)OCCO4)n2)C1. The van der Waals surface area contributed by atoms with Crippen LogP contribution in [0.4, 0.5) is 23.3 Å². The fraction of sp³-hybridized carbons (Fsp3) is 0.452. The average molecular weight is 574 g/mol. The van der Waals surface area contributed by atoms with Crippen LogP contribution in [0.25, 0.3) is 0 Å². The van der Waals surface area contributed by atoms with Crippen LogP contribution in [0.2, 0.25) is 0 Å².